The molecule has 13 rings (SSSR count). The van der Waals surface area contributed by atoms with Crippen molar-refractivity contribution in [1.82, 2.24) is 24.5 Å². The number of nitrogens with zero attached hydrogens (tertiary/aromatic N) is 5. The van der Waals surface area contributed by atoms with Crippen molar-refractivity contribution in [1.29, 1.82) is 0 Å². The van der Waals surface area contributed by atoms with Crippen LogP contribution in [0.5, 0.6) is 0 Å². The standard InChI is InChI=1S/C62H41N5OSi/c1-5-17-42(18-6-1)43-31-33-44(34-32-43)45-35-36-56-54(40-45)51-27-13-14-29-55(51)67(56)62-65-60(64-61(66-62)53-28-16-30-57-59(53)52-37-38-63-41-58(52)68-57)46-19-15-26-50(39-46)69(47-20-7-2-8-21-47,48-22-9-3-10-23-48)49-24-11-4-12-25-49/h1-41H. The fourth-order valence-electron chi connectivity index (χ4n) is 10.4. The van der Waals surface area contributed by atoms with Crippen LogP contribution < -0.4 is 20.7 Å². The number of hydrogen-bond donors (Lipinski definition) is 0. The van der Waals surface area contributed by atoms with E-state index in [-0.39, 0.29) is 0 Å². The van der Waals surface area contributed by atoms with Crippen molar-refractivity contribution in [3.8, 4) is 51.0 Å². The van der Waals surface area contributed by atoms with E-state index < -0.39 is 8.07 Å². The van der Waals surface area contributed by atoms with Crippen molar-refractivity contribution in [2.45, 2.75) is 0 Å². The second-order valence-corrected chi connectivity index (χ2v) is 21.2. The van der Waals surface area contributed by atoms with Gasteiger partial charge in [0.25, 0.3) is 0 Å². The molecule has 0 bridgehead atoms. The Morgan fingerprint density at radius 2 is 0.913 bits per heavy atom. The summed E-state index contributed by atoms with van der Waals surface area (Å²) >= 11 is 0. The van der Waals surface area contributed by atoms with Gasteiger partial charge in [0.15, 0.2) is 25.3 Å². The normalized spacial score (nSPS) is 11.8. The molecule has 0 atom stereocenters. The Hall–Kier alpha value is -9.04. The quantitative estimate of drug-likeness (QED) is 0.107. The van der Waals surface area contributed by atoms with Gasteiger partial charge in [0.1, 0.15) is 5.58 Å². The Kier molecular flexibility index (Phi) is 9.73. The van der Waals surface area contributed by atoms with E-state index in [0.29, 0.717) is 23.2 Å². The van der Waals surface area contributed by atoms with Crippen LogP contribution in [0.3, 0.4) is 0 Å². The van der Waals surface area contributed by atoms with Gasteiger partial charge in [0, 0.05) is 38.9 Å². The van der Waals surface area contributed by atoms with Crippen molar-refractivity contribution in [3.63, 3.8) is 0 Å². The summed E-state index contributed by atoms with van der Waals surface area (Å²) in [5.74, 6) is 1.64. The zero-order chi connectivity index (χ0) is 45.7. The third-order valence-corrected chi connectivity index (χ3v) is 18.3. The first-order valence-electron chi connectivity index (χ1n) is 23.2. The van der Waals surface area contributed by atoms with Crippen LogP contribution in [0.1, 0.15) is 0 Å². The third-order valence-electron chi connectivity index (χ3n) is 13.5. The average Bonchev–Trinajstić information content (AvgIpc) is 3.98. The number of hydrogen-bond acceptors (Lipinski definition) is 5. The van der Waals surface area contributed by atoms with E-state index in [1.165, 1.54) is 31.9 Å². The van der Waals surface area contributed by atoms with Crippen LogP contribution in [-0.2, 0) is 0 Å². The maximum absolute atomic E-state index is 6.37. The van der Waals surface area contributed by atoms with E-state index in [9.17, 15) is 0 Å². The Labute approximate surface area is 399 Å². The molecule has 6 nitrogen and oxygen atoms in total. The topological polar surface area (TPSA) is 69.6 Å². The SMILES string of the molecule is c1ccc(-c2ccc(-c3ccc4c(c3)c3ccccc3n4-c3nc(-c4cccc([Si](c5ccccc5)(c5ccccc5)c5ccccc5)c4)nc(-c4cccc5oc6cnccc6c45)n3)cc2)cc1. The highest BCUT2D eigenvalue weighted by Gasteiger charge is 2.41. The Morgan fingerprint density at radius 1 is 0.362 bits per heavy atom. The highest BCUT2D eigenvalue weighted by molar-refractivity contribution is 7.19. The lowest BCUT2D eigenvalue weighted by Gasteiger charge is -2.34. The first kappa shape index (κ1) is 40.2. The van der Waals surface area contributed by atoms with Gasteiger partial charge >= 0.3 is 0 Å². The molecule has 0 amide bonds. The number of aromatic nitrogens is 5. The predicted molar refractivity (Wildman–Crippen MR) is 285 cm³/mol. The number of fused-ring (bicyclic) bond motifs is 6. The van der Waals surface area contributed by atoms with Crippen molar-refractivity contribution >= 4 is 72.6 Å². The van der Waals surface area contributed by atoms with Gasteiger partial charge in [-0.1, -0.05) is 206 Å². The third kappa shape index (κ3) is 6.78. The Balaban J connectivity index is 1.04. The van der Waals surface area contributed by atoms with E-state index in [4.69, 9.17) is 19.4 Å². The van der Waals surface area contributed by atoms with E-state index in [2.05, 4.69) is 228 Å². The summed E-state index contributed by atoms with van der Waals surface area (Å²) in [5, 5.41) is 9.21. The molecule has 0 fully saturated rings. The smallest absolute Gasteiger partial charge is 0.238 e. The highest BCUT2D eigenvalue weighted by atomic mass is 28.3. The van der Waals surface area contributed by atoms with Gasteiger partial charge in [-0.05, 0) is 73.3 Å². The van der Waals surface area contributed by atoms with Crippen LogP contribution >= 0.6 is 0 Å². The highest BCUT2D eigenvalue weighted by Crippen LogP contribution is 2.38. The van der Waals surface area contributed by atoms with Crippen LogP contribution in [-0.4, -0.2) is 32.6 Å². The van der Waals surface area contributed by atoms with Gasteiger partial charge in [-0.3, -0.25) is 9.55 Å². The lowest BCUT2D eigenvalue weighted by molar-refractivity contribution is 0.667. The molecule has 0 unspecified atom stereocenters. The molecular weight excluding hydrogens is 859 g/mol. The Morgan fingerprint density at radius 3 is 1.62 bits per heavy atom. The largest absolute Gasteiger partial charge is 0.454 e. The summed E-state index contributed by atoms with van der Waals surface area (Å²) in [7, 11) is -2.89. The summed E-state index contributed by atoms with van der Waals surface area (Å²) in [5.41, 5.74) is 9.87. The van der Waals surface area contributed by atoms with Gasteiger partial charge in [-0.25, -0.2) is 4.98 Å². The molecule has 69 heavy (non-hydrogen) atoms. The fraction of sp³-hybridized carbons (Fsp3) is 0. The molecule has 0 saturated carbocycles. The number of benzene rings is 9. The molecule has 9 aromatic carbocycles. The van der Waals surface area contributed by atoms with E-state index in [0.717, 1.165) is 60.4 Å². The fourth-order valence-corrected chi connectivity index (χ4v) is 15.2. The zero-order valence-corrected chi connectivity index (χ0v) is 38.3. The molecule has 4 aromatic heterocycles. The molecule has 0 aliphatic heterocycles. The van der Waals surface area contributed by atoms with Crippen LogP contribution in [0.2, 0.25) is 0 Å². The summed E-state index contributed by atoms with van der Waals surface area (Å²) in [6.07, 6.45) is 3.57. The summed E-state index contributed by atoms with van der Waals surface area (Å²) in [6.45, 7) is 0. The van der Waals surface area contributed by atoms with Gasteiger partial charge in [-0.2, -0.15) is 9.97 Å². The molecule has 0 spiro atoms. The number of pyridine rings is 1. The van der Waals surface area contributed by atoms with Crippen LogP contribution in [0.15, 0.2) is 253 Å². The minimum absolute atomic E-state index is 0.524. The maximum Gasteiger partial charge on any atom is 0.238 e. The van der Waals surface area contributed by atoms with Crippen LogP contribution in [0.25, 0.3) is 94.7 Å². The van der Waals surface area contributed by atoms with E-state index in [1.807, 2.05) is 18.2 Å². The van der Waals surface area contributed by atoms with Gasteiger partial charge in [0.05, 0.1) is 17.2 Å². The van der Waals surface area contributed by atoms with Crippen LogP contribution in [0, 0.1) is 0 Å². The van der Waals surface area contributed by atoms with Crippen molar-refractivity contribution in [2.24, 2.45) is 0 Å². The van der Waals surface area contributed by atoms with Crippen molar-refractivity contribution < 1.29 is 4.42 Å². The lowest BCUT2D eigenvalue weighted by atomic mass is 9.99. The number of rotatable bonds is 9. The summed E-state index contributed by atoms with van der Waals surface area (Å²) in [4.78, 5) is 20.7. The molecule has 13 aromatic rings. The van der Waals surface area contributed by atoms with Gasteiger partial charge in [0.2, 0.25) is 5.95 Å². The predicted octanol–water partition coefficient (Wildman–Crippen LogP) is 12.3. The molecule has 4 heterocycles. The van der Waals surface area contributed by atoms with Gasteiger partial charge < -0.3 is 4.42 Å². The van der Waals surface area contributed by atoms with Gasteiger partial charge in [-0.15, -0.1) is 0 Å². The first-order chi connectivity index (χ1) is 34.2. The van der Waals surface area contributed by atoms with Crippen LogP contribution in [0.4, 0.5) is 0 Å². The van der Waals surface area contributed by atoms with E-state index in [1.54, 1.807) is 12.4 Å². The molecule has 0 radical (unpaired) electrons. The molecule has 7 heteroatoms. The van der Waals surface area contributed by atoms with Crippen molar-refractivity contribution in [2.75, 3.05) is 0 Å². The van der Waals surface area contributed by atoms with E-state index >= 15 is 0 Å². The minimum Gasteiger partial charge on any atom is -0.454 e. The molecule has 0 aliphatic carbocycles. The zero-order valence-electron chi connectivity index (χ0n) is 37.3. The molecule has 0 N–H and O–H groups in total. The molecule has 324 valence electrons. The summed E-state index contributed by atoms with van der Waals surface area (Å²) in [6, 6.07) is 84.5. The number of furan rings is 1. The lowest BCUT2D eigenvalue weighted by Crippen LogP contribution is -2.74. The monoisotopic (exact) mass is 899 g/mol. The molecule has 0 saturated heterocycles. The molecule has 0 aliphatic rings. The maximum atomic E-state index is 6.37. The number of para-hydroxylation sites is 1. The van der Waals surface area contributed by atoms with Crippen molar-refractivity contribution in [3.05, 3.63) is 249 Å². The minimum atomic E-state index is -2.89. The second kappa shape index (κ2) is 16.7. The average molecular weight is 900 g/mol. The second-order valence-electron chi connectivity index (χ2n) is 17.4. The summed E-state index contributed by atoms with van der Waals surface area (Å²) < 4.78 is 8.56. The Bertz CT molecular complexity index is 3910. The molecular formula is C62H41N5OSi. The first-order valence-corrected chi connectivity index (χ1v) is 25.2.